The summed E-state index contributed by atoms with van der Waals surface area (Å²) < 4.78 is 21.3. The van der Waals surface area contributed by atoms with Gasteiger partial charge in [0.2, 0.25) is 5.79 Å². The Morgan fingerprint density at radius 1 is 0.806 bits per heavy atom. The third-order valence-corrected chi connectivity index (χ3v) is 6.78. The molecule has 2 saturated heterocycles. The molecule has 7 N–H and O–H groups in total. The molecule has 3 unspecified atom stereocenters. The smallest absolute Gasteiger partial charge is 0.305 e. The molecular weight excluding hydrogens is 480 g/mol. The van der Waals surface area contributed by atoms with Gasteiger partial charge in [-0.3, -0.25) is 4.79 Å². The highest BCUT2D eigenvalue weighted by Crippen LogP contribution is 2.36. The lowest BCUT2D eigenvalue weighted by atomic mass is 9.99. The second kappa shape index (κ2) is 15.5. The number of ether oxygens (including phenoxy) is 4. The van der Waals surface area contributed by atoms with Gasteiger partial charge in [0.1, 0.15) is 55.9 Å². The zero-order valence-corrected chi connectivity index (χ0v) is 21.0. The highest BCUT2D eigenvalue weighted by Gasteiger charge is 2.58. The maximum absolute atomic E-state index is 12.1. The first kappa shape index (κ1) is 31.3. The number of carbonyl (C=O) groups is 1. The molecule has 2 rings (SSSR count). The Hall–Kier alpha value is -0.930. The molecule has 2 heterocycles. The number of hydrogen-bond acceptors (Lipinski definition) is 12. The van der Waals surface area contributed by atoms with Crippen LogP contribution < -0.4 is 0 Å². The Labute approximate surface area is 211 Å². The maximum atomic E-state index is 12.1. The molecule has 0 aromatic rings. The number of unbranched alkanes of at least 4 members (excludes halogenated alkanes) is 8. The van der Waals surface area contributed by atoms with Crippen LogP contribution >= 0.6 is 0 Å². The molecule has 12 heteroatoms. The summed E-state index contributed by atoms with van der Waals surface area (Å²) in [6.45, 7) is 0.0841. The van der Waals surface area contributed by atoms with Gasteiger partial charge < -0.3 is 54.7 Å². The third-order valence-electron chi connectivity index (χ3n) is 6.78. The summed E-state index contributed by atoms with van der Waals surface area (Å²) in [5.74, 6) is -2.76. The standard InChI is InChI=1S/C24H44O12/c1-2-3-4-5-6-7-8-9-10-11-17(27)33-13-16-18(28)20(30)21(31)23(34-16)36-24(14-26)22(32)19(29)15(12-25)35-24/h15-16,18-23,25-26,28-32H,2-14H2,1H3/t15-,16?,18-,19+,20-,21?,22?,23+,24+/m1/s1. The molecule has 0 saturated carbocycles. The van der Waals surface area contributed by atoms with Crippen LogP contribution in [0.4, 0.5) is 0 Å². The molecule has 0 amide bonds. The fraction of sp³-hybridized carbons (Fsp3) is 0.958. The van der Waals surface area contributed by atoms with E-state index in [1.165, 1.54) is 32.1 Å². The topological polar surface area (TPSA) is 196 Å². The lowest BCUT2D eigenvalue weighted by Gasteiger charge is -2.43. The summed E-state index contributed by atoms with van der Waals surface area (Å²) in [7, 11) is 0. The summed E-state index contributed by atoms with van der Waals surface area (Å²) in [6, 6.07) is 0. The van der Waals surface area contributed by atoms with Crippen molar-refractivity contribution in [2.75, 3.05) is 19.8 Å². The van der Waals surface area contributed by atoms with Gasteiger partial charge in [0.25, 0.3) is 0 Å². The van der Waals surface area contributed by atoms with Gasteiger partial charge >= 0.3 is 5.97 Å². The fourth-order valence-corrected chi connectivity index (χ4v) is 4.45. The van der Waals surface area contributed by atoms with Crippen LogP contribution in [-0.2, 0) is 23.7 Å². The second-order valence-electron chi connectivity index (χ2n) is 9.64. The first-order chi connectivity index (χ1) is 17.2. The number of rotatable bonds is 16. The van der Waals surface area contributed by atoms with Crippen molar-refractivity contribution in [1.82, 2.24) is 0 Å². The van der Waals surface area contributed by atoms with Crippen LogP contribution in [0.2, 0.25) is 0 Å². The molecule has 0 aliphatic carbocycles. The molecule has 0 spiro atoms. The molecule has 2 aliphatic rings. The fourth-order valence-electron chi connectivity index (χ4n) is 4.45. The molecule has 0 aromatic carbocycles. The van der Waals surface area contributed by atoms with Gasteiger partial charge in [-0.15, -0.1) is 0 Å². The number of aliphatic hydroxyl groups excluding tert-OH is 7. The second-order valence-corrected chi connectivity index (χ2v) is 9.64. The monoisotopic (exact) mass is 524 g/mol. The summed E-state index contributed by atoms with van der Waals surface area (Å²) in [5, 5.41) is 70.1. The van der Waals surface area contributed by atoms with E-state index < -0.39 is 80.6 Å². The van der Waals surface area contributed by atoms with Crippen LogP contribution in [0.5, 0.6) is 0 Å². The van der Waals surface area contributed by atoms with E-state index >= 15 is 0 Å². The van der Waals surface area contributed by atoms with Gasteiger partial charge in [-0.2, -0.15) is 0 Å². The summed E-state index contributed by atoms with van der Waals surface area (Å²) in [5.41, 5.74) is 0. The molecule has 36 heavy (non-hydrogen) atoms. The number of esters is 1. The van der Waals surface area contributed by atoms with E-state index in [1.807, 2.05) is 0 Å². The normalized spacial score (nSPS) is 36.8. The molecule has 12 nitrogen and oxygen atoms in total. The highest BCUT2D eigenvalue weighted by molar-refractivity contribution is 5.69. The lowest BCUT2D eigenvalue weighted by Crippen LogP contribution is -2.62. The lowest BCUT2D eigenvalue weighted by molar-refractivity contribution is -0.383. The first-order valence-corrected chi connectivity index (χ1v) is 13.0. The summed E-state index contributed by atoms with van der Waals surface area (Å²) in [6.07, 6.45) is -2.81. The van der Waals surface area contributed by atoms with Gasteiger partial charge in [-0.05, 0) is 6.42 Å². The van der Waals surface area contributed by atoms with Gasteiger partial charge in [0.05, 0.1) is 6.61 Å². The van der Waals surface area contributed by atoms with Gasteiger partial charge in [-0.25, -0.2) is 0 Å². The van der Waals surface area contributed by atoms with E-state index in [1.54, 1.807) is 0 Å². The Bertz CT molecular complexity index is 636. The first-order valence-electron chi connectivity index (χ1n) is 13.0. The van der Waals surface area contributed by atoms with Crippen LogP contribution in [0.15, 0.2) is 0 Å². The maximum Gasteiger partial charge on any atom is 0.305 e. The van der Waals surface area contributed by atoms with Crippen LogP contribution in [0.25, 0.3) is 0 Å². The number of carbonyl (C=O) groups excluding carboxylic acids is 1. The molecule has 0 aromatic heterocycles. The largest absolute Gasteiger partial charge is 0.463 e. The van der Waals surface area contributed by atoms with Crippen molar-refractivity contribution < 1.29 is 59.5 Å². The van der Waals surface area contributed by atoms with Crippen molar-refractivity contribution in [1.29, 1.82) is 0 Å². The molecule has 9 atom stereocenters. The van der Waals surface area contributed by atoms with Gasteiger partial charge in [0, 0.05) is 6.42 Å². The van der Waals surface area contributed by atoms with E-state index in [2.05, 4.69) is 6.92 Å². The quantitative estimate of drug-likeness (QED) is 0.0970. The summed E-state index contributed by atoms with van der Waals surface area (Å²) in [4.78, 5) is 12.1. The molecule has 0 bridgehead atoms. The van der Waals surface area contributed by atoms with Crippen LogP contribution in [-0.4, -0.2) is 116 Å². The van der Waals surface area contributed by atoms with E-state index in [9.17, 15) is 40.5 Å². The van der Waals surface area contributed by atoms with Crippen molar-refractivity contribution in [2.24, 2.45) is 0 Å². The van der Waals surface area contributed by atoms with Crippen molar-refractivity contribution in [2.45, 2.75) is 126 Å². The predicted molar refractivity (Wildman–Crippen MR) is 124 cm³/mol. The number of aliphatic hydroxyl groups is 7. The van der Waals surface area contributed by atoms with Crippen molar-refractivity contribution in [3.63, 3.8) is 0 Å². The Balaban J connectivity index is 1.80. The van der Waals surface area contributed by atoms with E-state index in [0.29, 0.717) is 6.42 Å². The minimum atomic E-state index is -2.27. The SMILES string of the molecule is CCCCCCCCCCCC(=O)OCC1O[C@@H](O[C@]2(CO)O[C@H](CO)[C@H](O)C2O)C(O)[C@H](O)[C@@H]1O. The Morgan fingerprint density at radius 2 is 1.42 bits per heavy atom. The van der Waals surface area contributed by atoms with E-state index in [-0.39, 0.29) is 6.42 Å². The minimum Gasteiger partial charge on any atom is -0.463 e. The van der Waals surface area contributed by atoms with Gasteiger partial charge in [-0.1, -0.05) is 58.3 Å². The van der Waals surface area contributed by atoms with E-state index in [4.69, 9.17) is 18.9 Å². The third kappa shape index (κ3) is 8.29. The average Bonchev–Trinajstić information content (AvgIpc) is 3.12. The molecular formula is C24H44O12. The number of hydrogen-bond donors (Lipinski definition) is 7. The average molecular weight is 525 g/mol. The molecule has 2 aliphatic heterocycles. The molecule has 2 fully saturated rings. The van der Waals surface area contributed by atoms with Crippen molar-refractivity contribution in [3.8, 4) is 0 Å². The predicted octanol–water partition coefficient (Wildman–Crippen LogP) is -0.924. The molecule has 0 radical (unpaired) electrons. The zero-order chi connectivity index (χ0) is 26.7. The minimum absolute atomic E-state index is 0.192. The van der Waals surface area contributed by atoms with Crippen LogP contribution in [0.1, 0.15) is 71.1 Å². The highest BCUT2D eigenvalue weighted by atomic mass is 16.8. The van der Waals surface area contributed by atoms with Crippen LogP contribution in [0.3, 0.4) is 0 Å². The Morgan fingerprint density at radius 3 is 1.97 bits per heavy atom. The Kier molecular flexibility index (Phi) is 13.4. The van der Waals surface area contributed by atoms with Gasteiger partial charge in [0.15, 0.2) is 6.29 Å². The van der Waals surface area contributed by atoms with Crippen molar-refractivity contribution >= 4 is 5.97 Å². The zero-order valence-electron chi connectivity index (χ0n) is 21.0. The van der Waals surface area contributed by atoms with E-state index in [0.717, 1.165) is 19.3 Å². The van der Waals surface area contributed by atoms with Crippen molar-refractivity contribution in [3.05, 3.63) is 0 Å². The molecule has 212 valence electrons. The van der Waals surface area contributed by atoms with Crippen LogP contribution in [0, 0.1) is 0 Å². The summed E-state index contributed by atoms with van der Waals surface area (Å²) >= 11 is 0.